The number of anilines is 1. The maximum absolute atomic E-state index is 7.98. The van der Waals surface area contributed by atoms with Gasteiger partial charge in [-0.3, -0.25) is 10.3 Å². The molecule has 1 saturated heterocycles. The Balaban J connectivity index is 1.25. The molecule has 1 aromatic heterocycles. The standard InChI is InChI=1S/C23H27N5OS/c24-23(25)18-8-7-17(29-15-16-5-6-16)13-20(18)28-11-9-27(10-12-28)14-22-26-19-3-1-2-4-21(19)30-22/h1-4,7-8,13,16H,5-6,9-12,14-15H2,(H3,24,25). The van der Waals surface area contributed by atoms with Crippen molar-refractivity contribution in [3.8, 4) is 5.75 Å². The molecule has 7 heteroatoms. The summed E-state index contributed by atoms with van der Waals surface area (Å²) in [6.07, 6.45) is 2.55. The van der Waals surface area contributed by atoms with Crippen molar-refractivity contribution >= 4 is 33.1 Å². The third-order valence-corrected chi connectivity index (χ3v) is 6.87. The van der Waals surface area contributed by atoms with Gasteiger partial charge < -0.3 is 15.4 Å². The second-order valence-corrected chi connectivity index (χ2v) is 9.30. The molecule has 1 aliphatic heterocycles. The largest absolute Gasteiger partial charge is 0.493 e. The molecule has 2 aliphatic rings. The SMILES string of the molecule is N=C(N)c1ccc(OCC2CC2)cc1N1CCN(Cc2nc3ccccc3s2)CC1. The first-order valence-electron chi connectivity index (χ1n) is 10.6. The van der Waals surface area contributed by atoms with Crippen molar-refractivity contribution in [2.45, 2.75) is 19.4 Å². The molecule has 2 aromatic carbocycles. The lowest BCUT2D eigenvalue weighted by atomic mass is 10.1. The van der Waals surface area contributed by atoms with Gasteiger partial charge in [-0.2, -0.15) is 0 Å². The van der Waals surface area contributed by atoms with Gasteiger partial charge in [-0.05, 0) is 43.0 Å². The molecule has 0 atom stereocenters. The zero-order valence-corrected chi connectivity index (χ0v) is 17.8. The minimum absolute atomic E-state index is 0.107. The number of nitrogens with zero attached hydrogens (tertiary/aromatic N) is 3. The molecule has 3 N–H and O–H groups in total. The van der Waals surface area contributed by atoms with Crippen molar-refractivity contribution in [1.82, 2.24) is 9.88 Å². The molecule has 5 rings (SSSR count). The number of thiazole rings is 1. The van der Waals surface area contributed by atoms with Crippen LogP contribution in [-0.4, -0.2) is 48.5 Å². The molecule has 0 bridgehead atoms. The predicted octanol–water partition coefficient (Wildman–Crippen LogP) is 3.69. The van der Waals surface area contributed by atoms with Crippen molar-refractivity contribution < 1.29 is 4.74 Å². The Morgan fingerprint density at radius 3 is 2.67 bits per heavy atom. The van der Waals surface area contributed by atoms with E-state index in [2.05, 4.69) is 34.1 Å². The monoisotopic (exact) mass is 421 g/mol. The van der Waals surface area contributed by atoms with E-state index in [-0.39, 0.29) is 5.84 Å². The van der Waals surface area contributed by atoms with Crippen molar-refractivity contribution in [2.24, 2.45) is 11.7 Å². The van der Waals surface area contributed by atoms with Gasteiger partial charge in [0.15, 0.2) is 0 Å². The molecule has 156 valence electrons. The normalized spacial score (nSPS) is 17.4. The number of rotatable bonds is 7. The Morgan fingerprint density at radius 2 is 1.93 bits per heavy atom. The summed E-state index contributed by atoms with van der Waals surface area (Å²) in [5.74, 6) is 1.70. The van der Waals surface area contributed by atoms with Crippen LogP contribution in [0.4, 0.5) is 5.69 Å². The summed E-state index contributed by atoms with van der Waals surface area (Å²) in [4.78, 5) is 9.56. The van der Waals surface area contributed by atoms with Crippen molar-refractivity contribution in [3.05, 3.63) is 53.0 Å². The number of ether oxygens (including phenoxy) is 1. The van der Waals surface area contributed by atoms with E-state index in [1.165, 1.54) is 22.5 Å². The summed E-state index contributed by atoms with van der Waals surface area (Å²) < 4.78 is 7.22. The van der Waals surface area contributed by atoms with Crippen LogP contribution in [0.15, 0.2) is 42.5 Å². The number of benzene rings is 2. The van der Waals surface area contributed by atoms with E-state index in [1.807, 2.05) is 18.2 Å². The zero-order valence-electron chi connectivity index (χ0n) is 17.0. The molecule has 1 saturated carbocycles. The van der Waals surface area contributed by atoms with Gasteiger partial charge >= 0.3 is 0 Å². The minimum Gasteiger partial charge on any atom is -0.493 e. The fourth-order valence-corrected chi connectivity index (χ4v) is 4.92. The van der Waals surface area contributed by atoms with Gasteiger partial charge in [-0.1, -0.05) is 12.1 Å². The minimum atomic E-state index is 0.107. The van der Waals surface area contributed by atoms with Crippen LogP contribution in [0.3, 0.4) is 0 Å². The second-order valence-electron chi connectivity index (χ2n) is 8.19. The van der Waals surface area contributed by atoms with Crippen LogP contribution < -0.4 is 15.4 Å². The number of para-hydroxylation sites is 1. The second kappa shape index (κ2) is 8.24. The quantitative estimate of drug-likeness (QED) is 0.449. The van der Waals surface area contributed by atoms with E-state index in [9.17, 15) is 0 Å². The average Bonchev–Trinajstić information content (AvgIpc) is 3.50. The van der Waals surface area contributed by atoms with Crippen LogP contribution in [0.25, 0.3) is 10.2 Å². The molecule has 1 aliphatic carbocycles. The van der Waals surface area contributed by atoms with Gasteiger partial charge in [0.25, 0.3) is 0 Å². The van der Waals surface area contributed by atoms with Crippen LogP contribution in [0.2, 0.25) is 0 Å². The van der Waals surface area contributed by atoms with E-state index < -0.39 is 0 Å². The fraction of sp³-hybridized carbons (Fsp3) is 0.391. The highest BCUT2D eigenvalue weighted by Gasteiger charge is 2.24. The van der Waals surface area contributed by atoms with E-state index in [0.717, 1.165) is 61.8 Å². The molecule has 0 radical (unpaired) electrons. The Morgan fingerprint density at radius 1 is 1.13 bits per heavy atom. The summed E-state index contributed by atoms with van der Waals surface area (Å²) in [6.45, 7) is 5.39. The first-order chi connectivity index (χ1) is 14.7. The van der Waals surface area contributed by atoms with Crippen LogP contribution in [0.1, 0.15) is 23.4 Å². The van der Waals surface area contributed by atoms with Crippen molar-refractivity contribution in [1.29, 1.82) is 5.41 Å². The molecular formula is C23H27N5OS. The van der Waals surface area contributed by atoms with Gasteiger partial charge in [0.2, 0.25) is 0 Å². The summed E-state index contributed by atoms with van der Waals surface area (Å²) in [6, 6.07) is 14.2. The van der Waals surface area contributed by atoms with Gasteiger partial charge in [0, 0.05) is 37.8 Å². The van der Waals surface area contributed by atoms with Crippen LogP contribution in [-0.2, 0) is 6.54 Å². The molecule has 3 aromatic rings. The van der Waals surface area contributed by atoms with Gasteiger partial charge in [0.05, 0.1) is 29.1 Å². The summed E-state index contributed by atoms with van der Waals surface area (Å²) in [5, 5.41) is 9.15. The Hall–Kier alpha value is -2.64. The molecule has 2 fully saturated rings. The fourth-order valence-electron chi connectivity index (χ4n) is 3.91. The lowest BCUT2D eigenvalue weighted by Gasteiger charge is -2.36. The summed E-state index contributed by atoms with van der Waals surface area (Å²) in [5.41, 5.74) is 8.75. The topological polar surface area (TPSA) is 78.5 Å². The number of nitrogens with one attached hydrogen (secondary N) is 1. The highest BCUT2D eigenvalue weighted by Crippen LogP contribution is 2.32. The Labute approximate surface area is 180 Å². The molecule has 0 amide bonds. The van der Waals surface area contributed by atoms with Gasteiger partial charge in [0.1, 0.15) is 16.6 Å². The number of aromatic nitrogens is 1. The Bertz CT molecular complexity index is 1020. The maximum atomic E-state index is 7.98. The number of piperazine rings is 1. The third kappa shape index (κ3) is 4.27. The molecular weight excluding hydrogens is 394 g/mol. The number of amidine groups is 1. The molecule has 0 unspecified atom stereocenters. The molecule has 6 nitrogen and oxygen atoms in total. The smallest absolute Gasteiger partial charge is 0.124 e. The average molecular weight is 422 g/mol. The van der Waals surface area contributed by atoms with E-state index in [4.69, 9.17) is 20.9 Å². The number of hydrogen-bond acceptors (Lipinski definition) is 6. The van der Waals surface area contributed by atoms with Crippen molar-refractivity contribution in [2.75, 3.05) is 37.7 Å². The highest BCUT2D eigenvalue weighted by molar-refractivity contribution is 7.18. The maximum Gasteiger partial charge on any atom is 0.124 e. The highest BCUT2D eigenvalue weighted by atomic mass is 32.1. The van der Waals surface area contributed by atoms with Crippen LogP contribution in [0, 0.1) is 11.3 Å². The summed E-state index contributed by atoms with van der Waals surface area (Å²) in [7, 11) is 0. The van der Waals surface area contributed by atoms with E-state index in [1.54, 1.807) is 11.3 Å². The van der Waals surface area contributed by atoms with E-state index in [0.29, 0.717) is 5.92 Å². The lowest BCUT2D eigenvalue weighted by Crippen LogP contribution is -2.46. The van der Waals surface area contributed by atoms with Crippen LogP contribution in [0.5, 0.6) is 5.75 Å². The van der Waals surface area contributed by atoms with Crippen molar-refractivity contribution in [3.63, 3.8) is 0 Å². The molecule has 2 heterocycles. The third-order valence-electron chi connectivity index (χ3n) is 5.85. The lowest BCUT2D eigenvalue weighted by molar-refractivity contribution is 0.249. The zero-order chi connectivity index (χ0) is 20.5. The Kier molecular flexibility index (Phi) is 5.31. The predicted molar refractivity (Wildman–Crippen MR) is 123 cm³/mol. The van der Waals surface area contributed by atoms with Gasteiger partial charge in [-0.25, -0.2) is 4.98 Å². The first kappa shape index (κ1) is 19.3. The van der Waals surface area contributed by atoms with E-state index >= 15 is 0 Å². The number of fused-ring (bicyclic) bond motifs is 1. The number of hydrogen-bond donors (Lipinski definition) is 2. The van der Waals surface area contributed by atoms with Crippen LogP contribution >= 0.6 is 11.3 Å². The number of nitrogen functional groups attached to an aromatic ring is 1. The van der Waals surface area contributed by atoms with Gasteiger partial charge in [-0.15, -0.1) is 11.3 Å². The molecule has 30 heavy (non-hydrogen) atoms. The summed E-state index contributed by atoms with van der Waals surface area (Å²) >= 11 is 1.78. The first-order valence-corrected chi connectivity index (χ1v) is 11.4. The molecule has 0 spiro atoms. The number of nitrogens with two attached hydrogens (primary N) is 1.